The minimum atomic E-state index is -1.01. The number of carboxylic acid groups (broad SMARTS) is 1. The lowest BCUT2D eigenvalue weighted by Crippen LogP contribution is -2.33. The maximum absolute atomic E-state index is 13.4. The Morgan fingerprint density at radius 1 is 1.07 bits per heavy atom. The zero-order valence-corrected chi connectivity index (χ0v) is 25.7. The molecule has 1 unspecified atom stereocenters. The molecule has 2 aromatic carbocycles. The molecule has 2 heterocycles. The number of hydrogen-bond donors (Lipinski definition) is 4. The van der Waals surface area contributed by atoms with Crippen LogP contribution in [-0.4, -0.2) is 56.1 Å². The Morgan fingerprint density at radius 2 is 1.82 bits per heavy atom. The number of hydrogen-bond acceptors (Lipinski definition) is 8. The molecule has 0 aliphatic carbocycles. The number of carboxylic acids is 1. The first-order valence-electron chi connectivity index (χ1n) is 15.0. The molecule has 0 fully saturated rings. The van der Waals surface area contributed by atoms with Gasteiger partial charge in [-0.3, -0.25) is 25.2 Å². The van der Waals surface area contributed by atoms with Gasteiger partial charge in [-0.15, -0.1) is 0 Å². The van der Waals surface area contributed by atoms with E-state index in [1.165, 1.54) is 4.90 Å². The summed E-state index contributed by atoms with van der Waals surface area (Å²) in [5, 5.41) is 23.2. The molecule has 0 saturated heterocycles. The number of nitrogens with zero attached hydrogens (tertiary/aromatic N) is 4. The zero-order chi connectivity index (χ0) is 32.3. The third-order valence-corrected chi connectivity index (χ3v) is 7.31. The lowest BCUT2D eigenvalue weighted by atomic mass is 10.1. The van der Waals surface area contributed by atoms with Crippen LogP contribution < -0.4 is 15.5 Å². The molecule has 12 nitrogen and oxygen atoms in total. The second-order valence-corrected chi connectivity index (χ2v) is 10.7. The quantitative estimate of drug-likeness (QED) is 0.0797. The van der Waals surface area contributed by atoms with E-state index in [0.29, 0.717) is 29.0 Å². The van der Waals surface area contributed by atoms with E-state index in [4.69, 9.17) is 15.1 Å². The number of carbonyl (C=O) groups excluding carboxylic acids is 2. The second-order valence-electron chi connectivity index (χ2n) is 10.7. The molecule has 4 N–H and O–H groups in total. The predicted octanol–water partition coefficient (Wildman–Crippen LogP) is 5.72. The van der Waals surface area contributed by atoms with Crippen LogP contribution in [0, 0.1) is 5.41 Å². The summed E-state index contributed by atoms with van der Waals surface area (Å²) in [6, 6.07) is 17.4. The van der Waals surface area contributed by atoms with Crippen LogP contribution >= 0.6 is 0 Å². The molecule has 4 rings (SSSR count). The highest BCUT2D eigenvalue weighted by Crippen LogP contribution is 2.21. The summed E-state index contributed by atoms with van der Waals surface area (Å²) in [4.78, 5) is 47.1. The van der Waals surface area contributed by atoms with Gasteiger partial charge in [0.1, 0.15) is 23.6 Å². The minimum Gasteiger partial charge on any atom is -0.481 e. The highest BCUT2D eigenvalue weighted by atomic mass is 16.6. The molecule has 0 bridgehead atoms. The number of fused-ring (bicyclic) bond motifs is 1. The number of imidazole rings is 1. The fourth-order valence-electron chi connectivity index (χ4n) is 4.80. The summed E-state index contributed by atoms with van der Waals surface area (Å²) < 4.78 is 7.28. The van der Waals surface area contributed by atoms with Crippen LogP contribution in [0.25, 0.3) is 11.0 Å². The van der Waals surface area contributed by atoms with Crippen LogP contribution in [-0.2, 0) is 23.1 Å². The Labute approximate surface area is 261 Å². The normalized spacial score (nSPS) is 11.5. The number of aryl methyl sites for hydroxylation is 1. The molecule has 12 heteroatoms. The maximum atomic E-state index is 13.4. The van der Waals surface area contributed by atoms with Gasteiger partial charge in [-0.05, 0) is 74.4 Å². The molecule has 45 heavy (non-hydrogen) atoms. The number of aromatic nitrogens is 3. The van der Waals surface area contributed by atoms with Crippen molar-refractivity contribution in [3.8, 4) is 0 Å². The summed E-state index contributed by atoms with van der Waals surface area (Å²) in [5.41, 5.74) is 3.17. The lowest BCUT2D eigenvalue weighted by molar-refractivity contribution is -0.136. The summed E-state index contributed by atoms with van der Waals surface area (Å²) in [5.74, 6) is -0.307. The number of amides is 2. The van der Waals surface area contributed by atoms with E-state index in [0.717, 1.165) is 42.7 Å². The fourth-order valence-corrected chi connectivity index (χ4v) is 4.80. The maximum Gasteiger partial charge on any atom is 0.413 e. The van der Waals surface area contributed by atoms with Crippen LogP contribution in [0.5, 0.6) is 0 Å². The van der Waals surface area contributed by atoms with Gasteiger partial charge >= 0.3 is 12.1 Å². The topological polar surface area (TPSA) is 163 Å². The smallest absolute Gasteiger partial charge is 0.413 e. The number of anilines is 2. The highest BCUT2D eigenvalue weighted by molar-refractivity contribution is 6.07. The van der Waals surface area contributed by atoms with Gasteiger partial charge in [0.2, 0.25) is 0 Å². The first-order valence-corrected chi connectivity index (χ1v) is 15.0. The average molecular weight is 614 g/mol. The van der Waals surface area contributed by atoms with Crippen molar-refractivity contribution in [2.24, 2.45) is 7.05 Å². The van der Waals surface area contributed by atoms with Crippen LogP contribution in [0.4, 0.5) is 16.3 Å². The van der Waals surface area contributed by atoms with Crippen molar-refractivity contribution in [2.45, 2.75) is 58.6 Å². The van der Waals surface area contributed by atoms with Crippen LogP contribution in [0.3, 0.4) is 0 Å². The SMILES string of the molecule is CCCCCC(C)OC(=O)NC(=N)c1ccc(NCc2nc3cc(C(=O)N(CCC(=O)O)c4ccccn4)ccc3n2C)cc1. The summed E-state index contributed by atoms with van der Waals surface area (Å²) in [7, 11) is 1.89. The number of aliphatic carboxylic acids is 1. The number of carbonyl (C=O) groups is 3. The number of alkyl carbamates (subject to hydrolysis) is 1. The predicted molar refractivity (Wildman–Crippen MR) is 173 cm³/mol. The molecule has 236 valence electrons. The monoisotopic (exact) mass is 613 g/mol. The molecule has 2 aromatic heterocycles. The molecule has 0 saturated carbocycles. The third kappa shape index (κ3) is 8.88. The van der Waals surface area contributed by atoms with Crippen molar-refractivity contribution in [1.29, 1.82) is 5.41 Å². The Balaban J connectivity index is 1.38. The zero-order valence-electron chi connectivity index (χ0n) is 25.7. The third-order valence-electron chi connectivity index (χ3n) is 7.31. The Kier molecular flexibility index (Phi) is 11.2. The van der Waals surface area contributed by atoms with E-state index in [1.54, 1.807) is 48.7 Å². The van der Waals surface area contributed by atoms with Crippen molar-refractivity contribution in [1.82, 2.24) is 19.9 Å². The summed E-state index contributed by atoms with van der Waals surface area (Å²) in [6.07, 6.45) is 4.47. The Hall–Kier alpha value is -5.26. The van der Waals surface area contributed by atoms with Gasteiger partial charge in [-0.2, -0.15) is 0 Å². The van der Waals surface area contributed by atoms with Gasteiger partial charge in [-0.25, -0.2) is 14.8 Å². The minimum absolute atomic E-state index is 0.0165. The number of pyridine rings is 1. The van der Waals surface area contributed by atoms with Gasteiger partial charge in [0, 0.05) is 36.6 Å². The van der Waals surface area contributed by atoms with E-state index in [2.05, 4.69) is 22.5 Å². The second kappa shape index (κ2) is 15.5. The van der Waals surface area contributed by atoms with E-state index in [9.17, 15) is 19.5 Å². The molecule has 0 aliphatic heterocycles. The molecule has 2 amide bonds. The Bertz CT molecular complexity index is 1640. The molecule has 4 aromatic rings. The average Bonchev–Trinajstić information content (AvgIpc) is 3.34. The summed E-state index contributed by atoms with van der Waals surface area (Å²) >= 11 is 0. The number of nitrogens with one attached hydrogen (secondary N) is 3. The van der Waals surface area contributed by atoms with Gasteiger partial charge < -0.3 is 19.7 Å². The first-order chi connectivity index (χ1) is 21.7. The Morgan fingerprint density at radius 3 is 2.51 bits per heavy atom. The summed E-state index contributed by atoms with van der Waals surface area (Å²) in [6.45, 7) is 4.35. The number of rotatable bonds is 14. The molecular formula is C33H39N7O5. The van der Waals surface area contributed by atoms with Gasteiger partial charge in [0.15, 0.2) is 0 Å². The van der Waals surface area contributed by atoms with Crippen molar-refractivity contribution < 1.29 is 24.2 Å². The number of ether oxygens (including phenoxy) is 1. The number of unbranched alkanes of at least 4 members (excludes halogenated alkanes) is 2. The van der Waals surface area contributed by atoms with E-state index in [1.807, 2.05) is 36.7 Å². The van der Waals surface area contributed by atoms with Gasteiger partial charge in [0.25, 0.3) is 5.91 Å². The van der Waals surface area contributed by atoms with Crippen LogP contribution in [0.1, 0.15) is 67.7 Å². The van der Waals surface area contributed by atoms with E-state index in [-0.39, 0.29) is 30.8 Å². The van der Waals surface area contributed by atoms with Crippen molar-refractivity contribution in [3.63, 3.8) is 0 Å². The molecule has 0 aliphatic rings. The number of amidine groups is 1. The van der Waals surface area contributed by atoms with Crippen molar-refractivity contribution >= 4 is 46.3 Å². The van der Waals surface area contributed by atoms with E-state index >= 15 is 0 Å². The van der Waals surface area contributed by atoms with Gasteiger partial charge in [0.05, 0.1) is 24.0 Å². The molecule has 1 atom stereocenters. The van der Waals surface area contributed by atoms with Crippen molar-refractivity contribution in [2.75, 3.05) is 16.8 Å². The molecular weight excluding hydrogens is 574 g/mol. The largest absolute Gasteiger partial charge is 0.481 e. The fraction of sp³-hybridized carbons (Fsp3) is 0.333. The molecule has 0 radical (unpaired) electrons. The standard InChI is InChI=1S/C33H39N7O5/c1-4-5-6-9-22(2)45-33(44)38-31(34)23-11-14-25(15-12-23)36-21-29-37-26-20-24(13-16-27(26)39(29)3)32(43)40(19-17-30(41)42)28-10-7-8-18-35-28/h7-8,10-16,18,20,22,36H,4-6,9,17,19,21H2,1-3H3,(H,41,42)(H2,34,38,44). The lowest BCUT2D eigenvalue weighted by Gasteiger charge is -2.21. The highest BCUT2D eigenvalue weighted by Gasteiger charge is 2.21. The van der Waals surface area contributed by atoms with Crippen LogP contribution in [0.15, 0.2) is 66.9 Å². The number of benzene rings is 2. The first kappa shape index (κ1) is 32.6. The van der Waals surface area contributed by atoms with Crippen LogP contribution in [0.2, 0.25) is 0 Å². The molecule has 0 spiro atoms. The van der Waals surface area contributed by atoms with E-state index < -0.39 is 12.1 Å². The van der Waals surface area contributed by atoms with Crippen molar-refractivity contribution in [3.05, 3.63) is 83.8 Å². The van der Waals surface area contributed by atoms with Gasteiger partial charge in [-0.1, -0.05) is 25.8 Å².